The van der Waals surface area contributed by atoms with Crippen LogP contribution in [0.5, 0.6) is 0 Å². The van der Waals surface area contributed by atoms with Crippen molar-refractivity contribution in [2.75, 3.05) is 18.4 Å². The summed E-state index contributed by atoms with van der Waals surface area (Å²) in [4.78, 5) is 26.0. The molecule has 1 aromatic carbocycles. The Hall–Kier alpha value is -1.88. The third kappa shape index (κ3) is 4.35. The molecule has 130 valence electrons. The molecule has 0 aromatic heterocycles. The molecule has 1 aliphatic heterocycles. The molecule has 1 heterocycles. The van der Waals surface area contributed by atoms with Crippen LogP contribution in [0.25, 0.3) is 0 Å². The van der Waals surface area contributed by atoms with E-state index in [0.717, 1.165) is 38.0 Å². The molecule has 0 atom stereocenters. The molecule has 0 bridgehead atoms. The summed E-state index contributed by atoms with van der Waals surface area (Å²) in [5.41, 5.74) is 2.43. The van der Waals surface area contributed by atoms with Gasteiger partial charge in [0.2, 0.25) is 5.91 Å². The predicted molar refractivity (Wildman–Crippen MR) is 95.0 cm³/mol. The maximum atomic E-state index is 12.7. The minimum Gasteiger partial charge on any atom is -0.339 e. The summed E-state index contributed by atoms with van der Waals surface area (Å²) in [6, 6.07) is 6.30. The molecule has 1 aromatic rings. The lowest BCUT2D eigenvalue weighted by molar-refractivity contribution is -0.114. The number of benzene rings is 1. The third-order valence-corrected chi connectivity index (χ3v) is 4.90. The average Bonchev–Trinajstić information content (AvgIpc) is 3.25. The highest BCUT2D eigenvalue weighted by Gasteiger charge is 2.21. The second kappa shape index (κ2) is 7.79. The zero-order chi connectivity index (χ0) is 16.9. The maximum absolute atomic E-state index is 12.7. The summed E-state index contributed by atoms with van der Waals surface area (Å²) in [7, 11) is 0. The number of anilines is 1. The topological polar surface area (TPSA) is 61.4 Å². The second-order valence-corrected chi connectivity index (χ2v) is 6.96. The first kappa shape index (κ1) is 17.0. The van der Waals surface area contributed by atoms with Crippen LogP contribution >= 0.6 is 0 Å². The van der Waals surface area contributed by atoms with Crippen molar-refractivity contribution < 1.29 is 9.59 Å². The van der Waals surface area contributed by atoms with Crippen LogP contribution in [-0.4, -0.2) is 35.8 Å². The van der Waals surface area contributed by atoms with Crippen LogP contribution in [0.3, 0.4) is 0 Å². The number of rotatable bonds is 5. The van der Waals surface area contributed by atoms with E-state index in [0.29, 0.717) is 17.3 Å². The number of hydrogen-bond donors (Lipinski definition) is 2. The normalized spacial score (nSPS) is 18.1. The van der Waals surface area contributed by atoms with E-state index in [2.05, 4.69) is 10.6 Å². The first-order valence-electron chi connectivity index (χ1n) is 9.06. The number of hydrogen-bond acceptors (Lipinski definition) is 3. The Morgan fingerprint density at radius 1 is 1.08 bits per heavy atom. The number of nitrogens with one attached hydrogen (secondary N) is 2. The highest BCUT2D eigenvalue weighted by molar-refractivity contribution is 5.97. The summed E-state index contributed by atoms with van der Waals surface area (Å²) < 4.78 is 0. The van der Waals surface area contributed by atoms with Crippen LogP contribution < -0.4 is 10.6 Å². The first-order chi connectivity index (χ1) is 11.6. The van der Waals surface area contributed by atoms with Crippen molar-refractivity contribution >= 4 is 17.5 Å². The molecule has 0 spiro atoms. The molecule has 5 nitrogen and oxygen atoms in total. The van der Waals surface area contributed by atoms with Gasteiger partial charge in [-0.3, -0.25) is 9.59 Å². The minimum absolute atomic E-state index is 0.0711. The lowest BCUT2D eigenvalue weighted by Crippen LogP contribution is -2.28. The molecule has 3 rings (SSSR count). The van der Waals surface area contributed by atoms with Crippen LogP contribution in [0.1, 0.15) is 61.4 Å². The molecule has 2 aliphatic rings. The molecule has 5 heteroatoms. The van der Waals surface area contributed by atoms with Crippen molar-refractivity contribution in [3.05, 3.63) is 29.3 Å². The minimum atomic E-state index is -0.115. The Morgan fingerprint density at radius 2 is 1.79 bits per heavy atom. The summed E-state index contributed by atoms with van der Waals surface area (Å²) in [6.07, 6.45) is 7.20. The van der Waals surface area contributed by atoms with E-state index in [1.807, 2.05) is 17.0 Å². The van der Waals surface area contributed by atoms with E-state index >= 15 is 0 Å². The molecular formula is C19H27N3O2. The van der Waals surface area contributed by atoms with Gasteiger partial charge in [-0.05, 0) is 49.4 Å². The predicted octanol–water partition coefficient (Wildman–Crippen LogP) is 2.91. The fraction of sp³-hybridized carbons (Fsp3) is 0.579. The van der Waals surface area contributed by atoms with Gasteiger partial charge in [0.1, 0.15) is 0 Å². The molecule has 1 aliphatic carbocycles. The van der Waals surface area contributed by atoms with Crippen molar-refractivity contribution in [2.24, 2.45) is 0 Å². The van der Waals surface area contributed by atoms with Crippen LogP contribution in [0, 0.1) is 0 Å². The SMILES string of the molecule is CC(=O)Nc1cc(CNC2CCCC2)cc(C(=O)N2CCCC2)c1. The van der Waals surface area contributed by atoms with Crippen molar-refractivity contribution in [2.45, 2.75) is 58.0 Å². The second-order valence-electron chi connectivity index (χ2n) is 6.96. The summed E-state index contributed by atoms with van der Waals surface area (Å²) >= 11 is 0. The average molecular weight is 329 g/mol. The smallest absolute Gasteiger partial charge is 0.253 e. The van der Waals surface area contributed by atoms with E-state index in [4.69, 9.17) is 0 Å². The summed E-state index contributed by atoms with van der Waals surface area (Å²) in [6.45, 7) is 3.89. The van der Waals surface area contributed by atoms with Gasteiger partial charge in [-0.1, -0.05) is 12.8 Å². The van der Waals surface area contributed by atoms with Crippen molar-refractivity contribution in [3.63, 3.8) is 0 Å². The Balaban J connectivity index is 1.76. The number of carbonyl (C=O) groups is 2. The Morgan fingerprint density at radius 3 is 2.46 bits per heavy atom. The van der Waals surface area contributed by atoms with Crippen LogP contribution in [0.15, 0.2) is 18.2 Å². The molecule has 2 fully saturated rings. The first-order valence-corrected chi connectivity index (χ1v) is 9.06. The number of likely N-dealkylation sites (tertiary alicyclic amines) is 1. The van der Waals surface area contributed by atoms with E-state index in [1.54, 1.807) is 6.07 Å². The van der Waals surface area contributed by atoms with Gasteiger partial charge >= 0.3 is 0 Å². The number of nitrogens with zero attached hydrogens (tertiary/aromatic N) is 1. The van der Waals surface area contributed by atoms with E-state index in [9.17, 15) is 9.59 Å². The van der Waals surface area contributed by atoms with Gasteiger partial charge in [0.25, 0.3) is 5.91 Å². The molecule has 0 unspecified atom stereocenters. The standard InChI is InChI=1S/C19H27N3O2/c1-14(23)21-18-11-15(13-20-17-6-2-3-7-17)10-16(12-18)19(24)22-8-4-5-9-22/h10-12,17,20H,2-9,13H2,1H3,(H,21,23). The maximum Gasteiger partial charge on any atom is 0.253 e. The Kier molecular flexibility index (Phi) is 5.51. The van der Waals surface area contributed by atoms with E-state index in [1.165, 1.54) is 32.6 Å². The lowest BCUT2D eigenvalue weighted by Gasteiger charge is -2.18. The molecule has 0 radical (unpaired) electrons. The zero-order valence-corrected chi connectivity index (χ0v) is 14.4. The fourth-order valence-corrected chi connectivity index (χ4v) is 3.69. The molecular weight excluding hydrogens is 302 g/mol. The highest BCUT2D eigenvalue weighted by Crippen LogP contribution is 2.21. The lowest BCUT2D eigenvalue weighted by atomic mass is 10.1. The van der Waals surface area contributed by atoms with Crippen molar-refractivity contribution in [1.29, 1.82) is 0 Å². The van der Waals surface area contributed by atoms with E-state index < -0.39 is 0 Å². The van der Waals surface area contributed by atoms with Gasteiger partial charge in [0.15, 0.2) is 0 Å². The molecule has 1 saturated carbocycles. The molecule has 2 amide bonds. The quantitative estimate of drug-likeness (QED) is 0.873. The monoisotopic (exact) mass is 329 g/mol. The van der Waals surface area contributed by atoms with Gasteiger partial charge in [0, 0.05) is 43.9 Å². The van der Waals surface area contributed by atoms with Gasteiger partial charge < -0.3 is 15.5 Å². The Bertz CT molecular complexity index is 603. The number of carbonyl (C=O) groups excluding carboxylic acids is 2. The largest absolute Gasteiger partial charge is 0.339 e. The summed E-state index contributed by atoms with van der Waals surface area (Å²) in [5.74, 6) is -0.0442. The van der Waals surface area contributed by atoms with Crippen LogP contribution in [0.2, 0.25) is 0 Å². The van der Waals surface area contributed by atoms with Crippen molar-refractivity contribution in [1.82, 2.24) is 10.2 Å². The molecule has 24 heavy (non-hydrogen) atoms. The van der Waals surface area contributed by atoms with Gasteiger partial charge in [-0.2, -0.15) is 0 Å². The zero-order valence-electron chi connectivity index (χ0n) is 14.4. The van der Waals surface area contributed by atoms with Gasteiger partial charge in [0.05, 0.1) is 0 Å². The molecule has 2 N–H and O–H groups in total. The highest BCUT2D eigenvalue weighted by atomic mass is 16.2. The summed E-state index contributed by atoms with van der Waals surface area (Å²) in [5, 5.41) is 6.40. The van der Waals surface area contributed by atoms with Gasteiger partial charge in [-0.25, -0.2) is 0 Å². The molecule has 1 saturated heterocycles. The van der Waals surface area contributed by atoms with E-state index in [-0.39, 0.29) is 11.8 Å². The van der Waals surface area contributed by atoms with Gasteiger partial charge in [-0.15, -0.1) is 0 Å². The van der Waals surface area contributed by atoms with Crippen molar-refractivity contribution in [3.8, 4) is 0 Å². The van der Waals surface area contributed by atoms with Crippen LogP contribution in [-0.2, 0) is 11.3 Å². The number of amides is 2. The van der Waals surface area contributed by atoms with Crippen LogP contribution in [0.4, 0.5) is 5.69 Å². The Labute approximate surface area is 143 Å². The third-order valence-electron chi connectivity index (χ3n) is 4.90. The fourth-order valence-electron chi connectivity index (χ4n) is 3.69.